The lowest BCUT2D eigenvalue weighted by Crippen LogP contribution is -2.42. The maximum Gasteiger partial charge on any atom is 0.292 e. The number of carbonyl (C=O) groups excluding carboxylic acids is 1. The van der Waals surface area contributed by atoms with Crippen LogP contribution in [0.15, 0.2) is 40.9 Å². The monoisotopic (exact) mass is 271 g/mol. The number of carbonyl (C=O) groups is 1. The topological polar surface area (TPSA) is 72.4 Å². The van der Waals surface area contributed by atoms with Gasteiger partial charge in [-0.25, -0.2) is 0 Å². The van der Waals surface area contributed by atoms with Crippen LogP contribution in [0.1, 0.15) is 23.4 Å². The van der Waals surface area contributed by atoms with E-state index in [1.165, 1.54) is 0 Å². The van der Waals surface area contributed by atoms with Crippen LogP contribution < -0.4 is 5.73 Å². The van der Waals surface area contributed by atoms with E-state index in [4.69, 9.17) is 10.3 Å². The van der Waals surface area contributed by atoms with Gasteiger partial charge in [0.25, 0.3) is 5.91 Å². The summed E-state index contributed by atoms with van der Waals surface area (Å²) in [6.07, 6.45) is 1.68. The van der Waals surface area contributed by atoms with Crippen LogP contribution >= 0.6 is 0 Å². The molecule has 0 bridgehead atoms. The molecule has 5 heteroatoms. The molecule has 20 heavy (non-hydrogen) atoms. The molecule has 3 rings (SSSR count). The van der Waals surface area contributed by atoms with Gasteiger partial charge in [0, 0.05) is 30.8 Å². The van der Waals surface area contributed by atoms with Gasteiger partial charge in [0.2, 0.25) is 5.76 Å². The van der Waals surface area contributed by atoms with E-state index in [0.29, 0.717) is 24.5 Å². The van der Waals surface area contributed by atoms with Crippen molar-refractivity contribution in [1.82, 2.24) is 10.1 Å². The molecule has 2 N–H and O–H groups in total. The van der Waals surface area contributed by atoms with E-state index in [1.54, 1.807) is 11.0 Å². The molecule has 0 radical (unpaired) electrons. The second kappa shape index (κ2) is 5.46. The van der Waals surface area contributed by atoms with Crippen molar-refractivity contribution >= 4 is 5.91 Å². The summed E-state index contributed by atoms with van der Waals surface area (Å²) in [6.45, 7) is 1.36. The van der Waals surface area contributed by atoms with Crippen LogP contribution in [-0.2, 0) is 0 Å². The highest BCUT2D eigenvalue weighted by Gasteiger charge is 2.24. The highest BCUT2D eigenvalue weighted by Crippen LogP contribution is 2.20. The van der Waals surface area contributed by atoms with Crippen LogP contribution in [0.2, 0.25) is 0 Å². The molecule has 5 nitrogen and oxygen atoms in total. The third-order valence-corrected chi connectivity index (χ3v) is 3.62. The number of aromatic nitrogens is 1. The van der Waals surface area contributed by atoms with Crippen LogP contribution in [0.5, 0.6) is 0 Å². The van der Waals surface area contributed by atoms with E-state index >= 15 is 0 Å². The standard InChI is InChI=1S/C15H17N3O2/c16-12-6-8-18(9-7-12)15(19)14-10-13(17-20-14)11-4-2-1-3-5-11/h1-5,10,12H,6-9,16H2. The van der Waals surface area contributed by atoms with Gasteiger partial charge in [-0.1, -0.05) is 35.5 Å². The lowest BCUT2D eigenvalue weighted by atomic mass is 10.1. The second-order valence-corrected chi connectivity index (χ2v) is 5.07. The minimum Gasteiger partial charge on any atom is -0.350 e. The van der Waals surface area contributed by atoms with Gasteiger partial charge in [-0.2, -0.15) is 0 Å². The zero-order chi connectivity index (χ0) is 13.9. The highest BCUT2D eigenvalue weighted by molar-refractivity contribution is 5.92. The molecule has 0 unspecified atom stereocenters. The quantitative estimate of drug-likeness (QED) is 0.905. The number of likely N-dealkylation sites (tertiary alicyclic amines) is 1. The van der Waals surface area contributed by atoms with Crippen molar-refractivity contribution in [1.29, 1.82) is 0 Å². The molecular weight excluding hydrogens is 254 g/mol. The Morgan fingerprint density at radius 2 is 1.95 bits per heavy atom. The maximum absolute atomic E-state index is 12.3. The van der Waals surface area contributed by atoms with Crippen LogP contribution in [0.4, 0.5) is 0 Å². The Kier molecular flexibility index (Phi) is 3.52. The molecule has 0 spiro atoms. The maximum atomic E-state index is 12.3. The van der Waals surface area contributed by atoms with Gasteiger partial charge in [0.05, 0.1) is 0 Å². The van der Waals surface area contributed by atoms with Crippen molar-refractivity contribution in [2.45, 2.75) is 18.9 Å². The van der Waals surface area contributed by atoms with Gasteiger partial charge in [-0.3, -0.25) is 4.79 Å². The van der Waals surface area contributed by atoms with E-state index in [1.807, 2.05) is 30.3 Å². The predicted octanol–water partition coefficient (Wildman–Crippen LogP) is 1.90. The number of amides is 1. The first-order chi connectivity index (χ1) is 9.74. The van der Waals surface area contributed by atoms with Gasteiger partial charge in [0.15, 0.2) is 0 Å². The fraction of sp³-hybridized carbons (Fsp3) is 0.333. The third-order valence-electron chi connectivity index (χ3n) is 3.62. The van der Waals surface area contributed by atoms with E-state index in [0.717, 1.165) is 18.4 Å². The van der Waals surface area contributed by atoms with Crippen molar-refractivity contribution in [3.05, 3.63) is 42.2 Å². The highest BCUT2D eigenvalue weighted by atomic mass is 16.5. The Morgan fingerprint density at radius 3 is 2.65 bits per heavy atom. The van der Waals surface area contributed by atoms with Crippen molar-refractivity contribution in [3.8, 4) is 11.3 Å². The van der Waals surface area contributed by atoms with E-state index in [9.17, 15) is 4.79 Å². The number of piperidine rings is 1. The van der Waals surface area contributed by atoms with Crippen molar-refractivity contribution in [2.24, 2.45) is 5.73 Å². The summed E-state index contributed by atoms with van der Waals surface area (Å²) in [5, 5.41) is 3.97. The summed E-state index contributed by atoms with van der Waals surface area (Å²) in [4.78, 5) is 14.1. The average molecular weight is 271 g/mol. The molecule has 1 aromatic heterocycles. The molecule has 1 aromatic carbocycles. The van der Waals surface area contributed by atoms with Gasteiger partial charge < -0.3 is 15.2 Å². The molecule has 2 aromatic rings. The Balaban J connectivity index is 1.75. The van der Waals surface area contributed by atoms with Crippen molar-refractivity contribution in [2.75, 3.05) is 13.1 Å². The number of rotatable bonds is 2. The SMILES string of the molecule is NC1CCN(C(=O)c2cc(-c3ccccc3)no2)CC1. The third kappa shape index (κ3) is 2.58. The smallest absolute Gasteiger partial charge is 0.292 e. The Morgan fingerprint density at radius 1 is 1.25 bits per heavy atom. The van der Waals surface area contributed by atoms with Gasteiger partial charge in [-0.05, 0) is 12.8 Å². The summed E-state index contributed by atoms with van der Waals surface area (Å²) in [5.74, 6) is 0.186. The zero-order valence-electron chi connectivity index (χ0n) is 11.2. The summed E-state index contributed by atoms with van der Waals surface area (Å²) in [7, 11) is 0. The summed E-state index contributed by atoms with van der Waals surface area (Å²) >= 11 is 0. The Labute approximate surface area is 117 Å². The number of hydrogen-bond acceptors (Lipinski definition) is 4. The van der Waals surface area contributed by atoms with Crippen LogP contribution in [0.25, 0.3) is 11.3 Å². The summed E-state index contributed by atoms with van der Waals surface area (Å²) in [5.41, 5.74) is 7.47. The first-order valence-electron chi connectivity index (χ1n) is 6.81. The van der Waals surface area contributed by atoms with Crippen molar-refractivity contribution < 1.29 is 9.32 Å². The summed E-state index contributed by atoms with van der Waals surface area (Å²) < 4.78 is 5.19. The molecule has 1 aliphatic rings. The molecule has 0 atom stereocenters. The van der Waals surface area contributed by atoms with E-state index < -0.39 is 0 Å². The summed E-state index contributed by atoms with van der Waals surface area (Å²) in [6, 6.07) is 11.6. The van der Waals surface area contributed by atoms with E-state index in [2.05, 4.69) is 5.16 Å². The fourth-order valence-corrected chi connectivity index (χ4v) is 2.38. The number of hydrogen-bond donors (Lipinski definition) is 1. The first-order valence-corrected chi connectivity index (χ1v) is 6.81. The van der Waals surface area contributed by atoms with Crippen LogP contribution in [0, 0.1) is 0 Å². The van der Waals surface area contributed by atoms with Crippen molar-refractivity contribution in [3.63, 3.8) is 0 Å². The predicted molar refractivity (Wildman–Crippen MR) is 75.1 cm³/mol. The van der Waals surface area contributed by atoms with Gasteiger partial charge in [-0.15, -0.1) is 0 Å². The van der Waals surface area contributed by atoms with Gasteiger partial charge >= 0.3 is 0 Å². The minimum atomic E-state index is -0.105. The zero-order valence-corrected chi connectivity index (χ0v) is 11.2. The molecule has 1 aliphatic heterocycles. The van der Waals surface area contributed by atoms with Crippen LogP contribution in [0.3, 0.4) is 0 Å². The number of benzene rings is 1. The minimum absolute atomic E-state index is 0.105. The number of nitrogens with two attached hydrogens (primary N) is 1. The molecule has 1 fully saturated rings. The Hall–Kier alpha value is -2.14. The number of nitrogens with zero attached hydrogens (tertiary/aromatic N) is 2. The molecule has 1 amide bonds. The molecule has 0 saturated carbocycles. The molecule has 1 saturated heterocycles. The second-order valence-electron chi connectivity index (χ2n) is 5.07. The lowest BCUT2D eigenvalue weighted by molar-refractivity contribution is 0.0673. The molecule has 104 valence electrons. The average Bonchev–Trinajstić information content (AvgIpc) is 2.98. The van der Waals surface area contributed by atoms with Crippen LogP contribution in [-0.4, -0.2) is 35.1 Å². The lowest BCUT2D eigenvalue weighted by Gasteiger charge is -2.29. The normalized spacial score (nSPS) is 16.4. The molecule has 0 aliphatic carbocycles. The molecule has 2 heterocycles. The molecular formula is C15H17N3O2. The fourth-order valence-electron chi connectivity index (χ4n) is 2.38. The first kappa shape index (κ1) is 12.9. The Bertz CT molecular complexity index is 586. The van der Waals surface area contributed by atoms with E-state index in [-0.39, 0.29) is 11.9 Å². The largest absolute Gasteiger partial charge is 0.350 e. The van der Waals surface area contributed by atoms with Gasteiger partial charge in [0.1, 0.15) is 5.69 Å².